The van der Waals surface area contributed by atoms with Crippen molar-refractivity contribution < 1.29 is 0 Å². The number of hydrogen-bond acceptors (Lipinski definition) is 3. The van der Waals surface area contributed by atoms with Gasteiger partial charge in [-0.2, -0.15) is 0 Å². The van der Waals surface area contributed by atoms with Gasteiger partial charge in [0.05, 0.1) is 5.70 Å². The molecule has 1 aromatic carbocycles. The van der Waals surface area contributed by atoms with Crippen molar-refractivity contribution in [3.8, 4) is 0 Å². The lowest BCUT2D eigenvalue weighted by atomic mass is 10.2. The van der Waals surface area contributed by atoms with Gasteiger partial charge in [-0.05, 0) is 44.1 Å². The number of aryl methyl sites for hydroxylation is 2. The summed E-state index contributed by atoms with van der Waals surface area (Å²) in [6.07, 6.45) is 14.1. The zero-order chi connectivity index (χ0) is 15.4. The van der Waals surface area contributed by atoms with Crippen molar-refractivity contribution in [1.82, 2.24) is 10.2 Å². The Kier molecular flexibility index (Phi) is 4.74. The first-order valence-electron chi connectivity index (χ1n) is 7.73. The van der Waals surface area contributed by atoms with E-state index in [4.69, 9.17) is 0 Å². The van der Waals surface area contributed by atoms with Gasteiger partial charge >= 0.3 is 0 Å². The first-order valence-corrected chi connectivity index (χ1v) is 8.55. The second kappa shape index (κ2) is 6.93. The van der Waals surface area contributed by atoms with Gasteiger partial charge < -0.3 is 10.2 Å². The van der Waals surface area contributed by atoms with Crippen LogP contribution < -0.4 is 5.32 Å². The number of hydrogen-bond donors (Lipinski definition) is 1. The first kappa shape index (κ1) is 15.0. The summed E-state index contributed by atoms with van der Waals surface area (Å²) in [5.74, 6) is 0. The zero-order valence-electron chi connectivity index (χ0n) is 13.2. The summed E-state index contributed by atoms with van der Waals surface area (Å²) in [6, 6.07) is 6.68. The highest BCUT2D eigenvalue weighted by molar-refractivity contribution is 8.03. The molecule has 114 valence electrons. The highest BCUT2D eigenvalue weighted by atomic mass is 32.2. The number of rotatable bonds is 3. The van der Waals surface area contributed by atoms with E-state index in [1.54, 1.807) is 0 Å². The Balaban J connectivity index is 1.95. The van der Waals surface area contributed by atoms with E-state index >= 15 is 0 Å². The van der Waals surface area contributed by atoms with Gasteiger partial charge in [-0.1, -0.05) is 41.6 Å². The monoisotopic (exact) mass is 310 g/mol. The Morgan fingerprint density at radius 3 is 2.77 bits per heavy atom. The minimum Gasteiger partial charge on any atom is -0.388 e. The van der Waals surface area contributed by atoms with Gasteiger partial charge in [-0.15, -0.1) is 0 Å². The van der Waals surface area contributed by atoms with Crippen molar-refractivity contribution in [1.29, 1.82) is 0 Å². The van der Waals surface area contributed by atoms with E-state index in [9.17, 15) is 0 Å². The topological polar surface area (TPSA) is 15.3 Å². The van der Waals surface area contributed by atoms with Crippen LogP contribution in [0.4, 0.5) is 0 Å². The van der Waals surface area contributed by atoms with Crippen LogP contribution in [0.1, 0.15) is 17.5 Å². The van der Waals surface area contributed by atoms with Crippen LogP contribution in [0.25, 0.3) is 0 Å². The number of allylic oxidation sites excluding steroid dienone is 4. The molecule has 0 amide bonds. The van der Waals surface area contributed by atoms with Gasteiger partial charge in [0.1, 0.15) is 0 Å². The largest absolute Gasteiger partial charge is 0.388 e. The Labute approximate surface area is 137 Å². The molecule has 0 unspecified atom stereocenters. The fourth-order valence-corrected chi connectivity index (χ4v) is 3.69. The molecule has 0 aromatic heterocycles. The van der Waals surface area contributed by atoms with E-state index < -0.39 is 0 Å². The fraction of sp³-hybridized carbons (Fsp3) is 0.263. The molecule has 1 heterocycles. The Bertz CT molecular complexity index is 668. The summed E-state index contributed by atoms with van der Waals surface area (Å²) in [5.41, 5.74) is 3.95. The predicted molar refractivity (Wildman–Crippen MR) is 95.5 cm³/mol. The maximum atomic E-state index is 3.26. The standard InChI is InChI=1S/C19H22N2S/c1-15-8-9-18(16(2)14-15)22-19-7-5-3-4-6-17(19)21-12-10-20-11-13-21/h4-10,12,14,20H,3,11,13H2,1-2H3. The average molecular weight is 310 g/mol. The molecule has 0 bridgehead atoms. The quantitative estimate of drug-likeness (QED) is 0.885. The number of nitrogens with zero attached hydrogens (tertiary/aromatic N) is 1. The Morgan fingerprint density at radius 2 is 2.00 bits per heavy atom. The second-order valence-corrected chi connectivity index (χ2v) is 6.71. The van der Waals surface area contributed by atoms with Crippen LogP contribution in [0, 0.1) is 13.8 Å². The molecule has 2 nitrogen and oxygen atoms in total. The van der Waals surface area contributed by atoms with Crippen molar-refractivity contribution >= 4 is 11.8 Å². The van der Waals surface area contributed by atoms with Crippen molar-refractivity contribution in [2.75, 3.05) is 13.1 Å². The smallest absolute Gasteiger partial charge is 0.0545 e. The minimum absolute atomic E-state index is 0.985. The lowest BCUT2D eigenvalue weighted by Crippen LogP contribution is -2.30. The van der Waals surface area contributed by atoms with E-state index in [1.165, 1.54) is 26.6 Å². The average Bonchev–Trinajstić information content (AvgIpc) is 2.76. The van der Waals surface area contributed by atoms with Gasteiger partial charge in [-0.3, -0.25) is 0 Å². The predicted octanol–water partition coefficient (Wildman–Crippen LogP) is 4.50. The van der Waals surface area contributed by atoms with Crippen LogP contribution in [0.2, 0.25) is 0 Å². The van der Waals surface area contributed by atoms with Crippen molar-refractivity contribution in [3.63, 3.8) is 0 Å². The third-order valence-corrected chi connectivity index (χ3v) is 5.04. The molecule has 1 N–H and O–H groups in total. The van der Waals surface area contributed by atoms with Crippen LogP contribution in [0.5, 0.6) is 0 Å². The summed E-state index contributed by atoms with van der Waals surface area (Å²) >= 11 is 1.86. The van der Waals surface area contributed by atoms with Crippen LogP contribution in [-0.4, -0.2) is 18.0 Å². The minimum atomic E-state index is 0.985. The summed E-state index contributed by atoms with van der Waals surface area (Å²) in [5, 5.41) is 3.26. The van der Waals surface area contributed by atoms with E-state index in [0.717, 1.165) is 19.5 Å². The van der Waals surface area contributed by atoms with Crippen LogP contribution in [-0.2, 0) is 0 Å². The van der Waals surface area contributed by atoms with Crippen LogP contribution in [0.15, 0.2) is 70.4 Å². The molecule has 2 aliphatic rings. The molecule has 0 spiro atoms. The first-order chi connectivity index (χ1) is 10.7. The van der Waals surface area contributed by atoms with Crippen molar-refractivity contribution in [2.24, 2.45) is 0 Å². The van der Waals surface area contributed by atoms with E-state index in [-0.39, 0.29) is 0 Å². The van der Waals surface area contributed by atoms with Crippen molar-refractivity contribution in [3.05, 3.63) is 76.6 Å². The van der Waals surface area contributed by atoms with Crippen LogP contribution >= 0.6 is 11.8 Å². The zero-order valence-corrected chi connectivity index (χ0v) is 14.0. The summed E-state index contributed by atoms with van der Waals surface area (Å²) < 4.78 is 0. The molecule has 0 radical (unpaired) electrons. The molecule has 0 atom stereocenters. The maximum Gasteiger partial charge on any atom is 0.0545 e. The Hall–Kier alpha value is -1.87. The Morgan fingerprint density at radius 1 is 1.14 bits per heavy atom. The third-order valence-electron chi connectivity index (χ3n) is 3.80. The van der Waals surface area contributed by atoms with E-state index in [1.807, 2.05) is 18.0 Å². The molecule has 0 saturated heterocycles. The second-order valence-electron chi connectivity index (χ2n) is 5.62. The molecule has 1 aromatic rings. The highest BCUT2D eigenvalue weighted by Crippen LogP contribution is 2.35. The van der Waals surface area contributed by atoms with Gasteiger partial charge in [-0.25, -0.2) is 0 Å². The summed E-state index contributed by atoms with van der Waals surface area (Å²) in [6.45, 7) is 6.32. The molecule has 3 heteroatoms. The van der Waals surface area contributed by atoms with E-state index in [0.29, 0.717) is 0 Å². The number of nitrogens with one attached hydrogen (secondary N) is 1. The summed E-state index contributed by atoms with van der Waals surface area (Å²) in [4.78, 5) is 4.97. The normalized spacial score (nSPS) is 17.6. The maximum absolute atomic E-state index is 3.26. The third kappa shape index (κ3) is 3.47. The SMILES string of the molecule is Cc1ccc(SC2=C(N3C=CNCC3)C=CCC=C2)c(C)c1. The number of benzene rings is 1. The summed E-state index contributed by atoms with van der Waals surface area (Å²) in [7, 11) is 0. The van der Waals surface area contributed by atoms with Gasteiger partial charge in [0.2, 0.25) is 0 Å². The molecule has 3 rings (SSSR count). The highest BCUT2D eigenvalue weighted by Gasteiger charge is 2.14. The molecule has 0 saturated carbocycles. The lowest BCUT2D eigenvalue weighted by molar-refractivity contribution is 0.450. The fourth-order valence-electron chi connectivity index (χ4n) is 2.64. The van der Waals surface area contributed by atoms with Gasteiger partial charge in [0, 0.05) is 35.3 Å². The van der Waals surface area contributed by atoms with Crippen molar-refractivity contribution in [2.45, 2.75) is 25.2 Å². The molecule has 22 heavy (non-hydrogen) atoms. The lowest BCUT2D eigenvalue weighted by Gasteiger charge is -2.26. The molecule has 1 aliphatic carbocycles. The molecular formula is C19H22N2S. The molecule has 1 aliphatic heterocycles. The van der Waals surface area contributed by atoms with E-state index in [2.05, 4.69) is 72.8 Å². The van der Waals surface area contributed by atoms with Gasteiger partial charge in [0.15, 0.2) is 0 Å². The van der Waals surface area contributed by atoms with Crippen LogP contribution in [0.3, 0.4) is 0 Å². The van der Waals surface area contributed by atoms with Gasteiger partial charge in [0.25, 0.3) is 0 Å². The molecule has 0 fully saturated rings. The molecular weight excluding hydrogens is 288 g/mol. The number of thioether (sulfide) groups is 1.